The summed E-state index contributed by atoms with van der Waals surface area (Å²) in [6.07, 6.45) is 1.71. The largest absolute Gasteiger partial charge is 0.495 e. The monoisotopic (exact) mass is 339 g/mol. The quantitative estimate of drug-likeness (QED) is 0.714. The number of halogens is 2. The fourth-order valence-corrected chi connectivity index (χ4v) is 3.75. The van der Waals surface area contributed by atoms with Crippen molar-refractivity contribution in [2.75, 3.05) is 20.7 Å². The number of alkyl halides is 1. The minimum Gasteiger partial charge on any atom is -0.495 e. The number of benzene rings is 1. The molecule has 0 atom stereocenters. The summed E-state index contributed by atoms with van der Waals surface area (Å²) in [7, 11) is -0.676. The molecule has 0 bridgehead atoms. The molecule has 0 unspecified atom stereocenters. The first-order valence-corrected chi connectivity index (χ1v) is 8.62. The Hall–Kier alpha value is -0.490. The Morgan fingerprint density at radius 3 is 2.50 bits per heavy atom. The van der Waals surface area contributed by atoms with Crippen LogP contribution in [0.2, 0.25) is 5.02 Å². The summed E-state index contributed by atoms with van der Waals surface area (Å²) in [5.41, 5.74) is 0.559. The van der Waals surface area contributed by atoms with E-state index in [1.165, 1.54) is 17.5 Å². The molecule has 0 radical (unpaired) electrons. The van der Waals surface area contributed by atoms with Crippen molar-refractivity contribution in [1.82, 2.24) is 4.31 Å². The lowest BCUT2D eigenvalue weighted by Crippen LogP contribution is -2.28. The number of unbranched alkanes of at least 4 members (excludes halogenated alkanes) is 1. The van der Waals surface area contributed by atoms with Gasteiger partial charge < -0.3 is 4.74 Å². The molecule has 1 aromatic carbocycles. The fourth-order valence-electron chi connectivity index (χ4n) is 1.81. The standard InChI is InChI=1S/C13H19Cl2NO3S/c1-4-5-6-16(2)20(17,18)12-8-11(15)7-10(9-14)13(12)19-3/h7-8H,4-6,9H2,1-3H3. The maximum absolute atomic E-state index is 12.6. The smallest absolute Gasteiger partial charge is 0.246 e. The number of hydrogen-bond acceptors (Lipinski definition) is 3. The molecule has 0 N–H and O–H groups in total. The van der Waals surface area contributed by atoms with E-state index in [0.29, 0.717) is 17.1 Å². The minimum atomic E-state index is -3.64. The van der Waals surface area contributed by atoms with Crippen molar-refractivity contribution >= 4 is 33.2 Å². The molecule has 1 rings (SSSR count). The van der Waals surface area contributed by atoms with Gasteiger partial charge in [-0.15, -0.1) is 11.6 Å². The first-order chi connectivity index (χ1) is 9.38. The lowest BCUT2D eigenvalue weighted by atomic mass is 10.2. The van der Waals surface area contributed by atoms with Gasteiger partial charge in [0.15, 0.2) is 0 Å². The molecule has 0 fully saturated rings. The third-order valence-corrected chi connectivity index (χ3v) is 5.33. The van der Waals surface area contributed by atoms with Gasteiger partial charge in [0.2, 0.25) is 10.0 Å². The van der Waals surface area contributed by atoms with Crippen LogP contribution in [0.4, 0.5) is 0 Å². The van der Waals surface area contributed by atoms with Gasteiger partial charge in [-0.2, -0.15) is 0 Å². The maximum Gasteiger partial charge on any atom is 0.246 e. The highest BCUT2D eigenvalue weighted by Crippen LogP contribution is 2.34. The van der Waals surface area contributed by atoms with E-state index >= 15 is 0 Å². The summed E-state index contributed by atoms with van der Waals surface area (Å²) in [4.78, 5) is 0.0572. The van der Waals surface area contributed by atoms with Crippen LogP contribution in [0, 0.1) is 0 Å². The topological polar surface area (TPSA) is 46.6 Å². The van der Waals surface area contributed by atoms with E-state index < -0.39 is 10.0 Å². The lowest BCUT2D eigenvalue weighted by Gasteiger charge is -2.20. The Bertz CT molecular complexity index is 561. The van der Waals surface area contributed by atoms with Crippen LogP contribution in [-0.2, 0) is 15.9 Å². The van der Waals surface area contributed by atoms with Crippen LogP contribution >= 0.6 is 23.2 Å². The number of nitrogens with zero attached hydrogens (tertiary/aromatic N) is 1. The first kappa shape index (κ1) is 17.6. The minimum absolute atomic E-state index is 0.0572. The van der Waals surface area contributed by atoms with E-state index in [9.17, 15) is 8.42 Å². The zero-order chi connectivity index (χ0) is 15.3. The summed E-state index contributed by atoms with van der Waals surface area (Å²) in [6, 6.07) is 3.01. The Morgan fingerprint density at radius 2 is 2.00 bits per heavy atom. The second kappa shape index (κ2) is 7.50. The molecule has 1 aromatic rings. The van der Waals surface area contributed by atoms with E-state index in [2.05, 4.69) is 0 Å². The van der Waals surface area contributed by atoms with Gasteiger partial charge in [0.05, 0.1) is 13.0 Å². The molecular formula is C13H19Cl2NO3S. The van der Waals surface area contributed by atoms with Crippen molar-refractivity contribution in [1.29, 1.82) is 0 Å². The number of rotatable bonds is 7. The molecule has 7 heteroatoms. The summed E-state index contributed by atoms with van der Waals surface area (Å²) in [6.45, 7) is 2.46. The summed E-state index contributed by atoms with van der Waals surface area (Å²) in [5, 5.41) is 0.323. The van der Waals surface area contributed by atoms with Crippen LogP contribution in [0.5, 0.6) is 5.75 Å². The first-order valence-electron chi connectivity index (χ1n) is 6.27. The predicted molar refractivity (Wildman–Crippen MR) is 82.3 cm³/mol. The maximum atomic E-state index is 12.6. The van der Waals surface area contributed by atoms with Crippen molar-refractivity contribution in [3.8, 4) is 5.75 Å². The van der Waals surface area contributed by atoms with Gasteiger partial charge in [-0.25, -0.2) is 12.7 Å². The third kappa shape index (κ3) is 3.79. The van der Waals surface area contributed by atoms with Crippen LogP contribution in [-0.4, -0.2) is 33.4 Å². The van der Waals surface area contributed by atoms with E-state index in [0.717, 1.165) is 12.8 Å². The molecule has 4 nitrogen and oxygen atoms in total. The van der Waals surface area contributed by atoms with Crippen LogP contribution in [0.3, 0.4) is 0 Å². The molecule has 0 spiro atoms. The Balaban J connectivity index is 3.33. The van der Waals surface area contributed by atoms with Gasteiger partial charge in [0.1, 0.15) is 10.6 Å². The Morgan fingerprint density at radius 1 is 1.35 bits per heavy atom. The molecule has 0 heterocycles. The SMILES string of the molecule is CCCCN(C)S(=O)(=O)c1cc(Cl)cc(CCl)c1OC. The number of sulfonamides is 1. The zero-order valence-electron chi connectivity index (χ0n) is 11.8. The molecule has 0 saturated carbocycles. The van der Waals surface area contributed by atoms with Crippen LogP contribution in [0.1, 0.15) is 25.3 Å². The molecule has 20 heavy (non-hydrogen) atoms. The van der Waals surface area contributed by atoms with Gasteiger partial charge >= 0.3 is 0 Å². The van der Waals surface area contributed by atoms with Gasteiger partial charge in [0, 0.05) is 24.2 Å². The highest BCUT2D eigenvalue weighted by Gasteiger charge is 2.26. The van der Waals surface area contributed by atoms with Crippen LogP contribution in [0.15, 0.2) is 17.0 Å². The molecule has 0 aliphatic rings. The van der Waals surface area contributed by atoms with Crippen molar-refractivity contribution in [2.24, 2.45) is 0 Å². The number of ether oxygens (including phenoxy) is 1. The van der Waals surface area contributed by atoms with E-state index in [-0.39, 0.29) is 16.5 Å². The summed E-state index contributed by atoms with van der Waals surface area (Å²) >= 11 is 11.8. The highest BCUT2D eigenvalue weighted by molar-refractivity contribution is 7.89. The molecular weight excluding hydrogens is 321 g/mol. The highest BCUT2D eigenvalue weighted by atomic mass is 35.5. The fraction of sp³-hybridized carbons (Fsp3) is 0.538. The number of hydrogen-bond donors (Lipinski definition) is 0. The average Bonchev–Trinajstić information content (AvgIpc) is 2.43. The van der Waals surface area contributed by atoms with Gasteiger partial charge in [-0.05, 0) is 18.6 Å². The second-order valence-corrected chi connectivity index (χ2v) is 7.13. The van der Waals surface area contributed by atoms with E-state index in [1.54, 1.807) is 13.1 Å². The summed E-state index contributed by atoms with van der Waals surface area (Å²) in [5.74, 6) is 0.387. The van der Waals surface area contributed by atoms with Crippen molar-refractivity contribution < 1.29 is 13.2 Å². The van der Waals surface area contributed by atoms with E-state index in [1.807, 2.05) is 6.92 Å². The Labute approximate surface area is 130 Å². The molecule has 0 saturated heterocycles. The van der Waals surface area contributed by atoms with Gasteiger partial charge in [-0.1, -0.05) is 24.9 Å². The molecule has 0 aromatic heterocycles. The zero-order valence-corrected chi connectivity index (χ0v) is 14.1. The predicted octanol–water partition coefficient (Wildman–Crippen LogP) is 3.51. The Kier molecular flexibility index (Phi) is 6.58. The van der Waals surface area contributed by atoms with Crippen molar-refractivity contribution in [3.63, 3.8) is 0 Å². The second-order valence-electron chi connectivity index (χ2n) is 4.41. The average molecular weight is 340 g/mol. The van der Waals surface area contributed by atoms with E-state index in [4.69, 9.17) is 27.9 Å². The van der Waals surface area contributed by atoms with Crippen molar-refractivity contribution in [2.45, 2.75) is 30.5 Å². The summed E-state index contributed by atoms with van der Waals surface area (Å²) < 4.78 is 31.7. The normalized spacial score (nSPS) is 11.9. The molecule has 114 valence electrons. The van der Waals surface area contributed by atoms with Gasteiger partial charge in [-0.3, -0.25) is 0 Å². The third-order valence-electron chi connectivity index (χ3n) is 2.96. The van der Waals surface area contributed by atoms with Gasteiger partial charge in [0.25, 0.3) is 0 Å². The van der Waals surface area contributed by atoms with Crippen LogP contribution in [0.25, 0.3) is 0 Å². The number of methoxy groups -OCH3 is 1. The molecule has 0 aliphatic heterocycles. The van der Waals surface area contributed by atoms with Crippen molar-refractivity contribution in [3.05, 3.63) is 22.7 Å². The lowest BCUT2D eigenvalue weighted by molar-refractivity contribution is 0.394. The molecule has 0 aliphatic carbocycles. The van der Waals surface area contributed by atoms with Crippen LogP contribution < -0.4 is 4.74 Å². The molecule has 0 amide bonds.